The summed E-state index contributed by atoms with van der Waals surface area (Å²) in [5, 5.41) is 16.6. The molecule has 0 aromatic carbocycles. The van der Waals surface area contributed by atoms with Crippen molar-refractivity contribution in [1.29, 1.82) is 0 Å². The van der Waals surface area contributed by atoms with Gasteiger partial charge < -0.3 is 10.4 Å². The summed E-state index contributed by atoms with van der Waals surface area (Å²) in [5.74, 6) is -1.22. The maximum Gasteiger partial charge on any atom is 0.320 e. The van der Waals surface area contributed by atoms with Gasteiger partial charge in [-0.05, 0) is 13.3 Å². The zero-order valence-corrected chi connectivity index (χ0v) is 11.2. The molecular formula is C11H17N3O3S. The molecule has 1 aromatic heterocycles. The van der Waals surface area contributed by atoms with Gasteiger partial charge in [-0.25, -0.2) is 4.98 Å². The Hall–Kier alpha value is -1.47. The molecule has 0 unspecified atom stereocenters. The summed E-state index contributed by atoms with van der Waals surface area (Å²) in [6.45, 7) is 3.71. The molecular weight excluding hydrogens is 254 g/mol. The molecule has 6 nitrogen and oxygen atoms in total. The van der Waals surface area contributed by atoms with E-state index >= 15 is 0 Å². The third-order valence-corrected chi connectivity index (χ3v) is 3.13. The second-order valence-electron chi connectivity index (χ2n) is 3.90. The molecule has 3 N–H and O–H groups in total. The van der Waals surface area contributed by atoms with E-state index in [0.717, 1.165) is 12.1 Å². The predicted molar refractivity (Wildman–Crippen MR) is 69.8 cm³/mol. The van der Waals surface area contributed by atoms with Gasteiger partial charge in [0.05, 0.1) is 12.2 Å². The first kappa shape index (κ1) is 14.6. The SMILES string of the molecule is CCC[C@H](NCC(=O)Nc1nc(C)cs1)C(=O)O. The van der Waals surface area contributed by atoms with E-state index in [4.69, 9.17) is 5.11 Å². The fourth-order valence-electron chi connectivity index (χ4n) is 1.39. The van der Waals surface area contributed by atoms with Crippen molar-refractivity contribution in [1.82, 2.24) is 10.3 Å². The molecule has 1 amide bonds. The lowest BCUT2D eigenvalue weighted by Crippen LogP contribution is -2.41. The Morgan fingerprint density at radius 2 is 2.28 bits per heavy atom. The Kier molecular flexibility index (Phi) is 5.73. The highest BCUT2D eigenvalue weighted by atomic mass is 32.1. The topological polar surface area (TPSA) is 91.3 Å². The van der Waals surface area contributed by atoms with Gasteiger partial charge in [0.25, 0.3) is 0 Å². The molecule has 0 aliphatic heterocycles. The van der Waals surface area contributed by atoms with Crippen LogP contribution in [0, 0.1) is 6.92 Å². The number of anilines is 1. The highest BCUT2D eigenvalue weighted by Gasteiger charge is 2.16. The van der Waals surface area contributed by atoms with Gasteiger partial charge in [0, 0.05) is 5.38 Å². The molecule has 0 radical (unpaired) electrons. The van der Waals surface area contributed by atoms with Gasteiger partial charge in [-0.15, -0.1) is 11.3 Å². The monoisotopic (exact) mass is 271 g/mol. The highest BCUT2D eigenvalue weighted by molar-refractivity contribution is 7.13. The average molecular weight is 271 g/mol. The predicted octanol–water partition coefficient (Wildman–Crippen LogP) is 1.23. The number of aromatic nitrogens is 1. The van der Waals surface area contributed by atoms with Crippen molar-refractivity contribution in [2.24, 2.45) is 0 Å². The van der Waals surface area contributed by atoms with Gasteiger partial charge in [-0.1, -0.05) is 13.3 Å². The summed E-state index contributed by atoms with van der Waals surface area (Å²) in [5.41, 5.74) is 0.845. The van der Waals surface area contributed by atoms with Crippen LogP contribution < -0.4 is 10.6 Å². The number of amides is 1. The van der Waals surface area contributed by atoms with E-state index in [1.807, 2.05) is 19.2 Å². The second-order valence-corrected chi connectivity index (χ2v) is 4.76. The lowest BCUT2D eigenvalue weighted by atomic mass is 10.2. The number of hydrogen-bond donors (Lipinski definition) is 3. The minimum absolute atomic E-state index is 0.0321. The van der Waals surface area contributed by atoms with Gasteiger partial charge in [0.2, 0.25) is 5.91 Å². The van der Waals surface area contributed by atoms with Crippen LogP contribution in [0.2, 0.25) is 0 Å². The Balaban J connectivity index is 2.38. The molecule has 0 saturated carbocycles. The third kappa shape index (κ3) is 4.80. The van der Waals surface area contributed by atoms with E-state index in [-0.39, 0.29) is 12.5 Å². The number of rotatable bonds is 7. The molecule has 1 rings (SSSR count). The first-order valence-corrected chi connectivity index (χ1v) is 6.59. The zero-order chi connectivity index (χ0) is 13.5. The number of hydrogen-bond acceptors (Lipinski definition) is 5. The van der Waals surface area contributed by atoms with E-state index < -0.39 is 12.0 Å². The molecule has 1 heterocycles. The van der Waals surface area contributed by atoms with Crippen LogP contribution in [0.1, 0.15) is 25.5 Å². The fourth-order valence-corrected chi connectivity index (χ4v) is 2.10. The molecule has 0 fully saturated rings. The number of nitrogens with zero attached hydrogens (tertiary/aromatic N) is 1. The molecule has 18 heavy (non-hydrogen) atoms. The van der Waals surface area contributed by atoms with Crippen LogP contribution in [0.4, 0.5) is 5.13 Å². The van der Waals surface area contributed by atoms with E-state index in [1.54, 1.807) is 0 Å². The average Bonchev–Trinajstić information content (AvgIpc) is 2.69. The molecule has 0 spiro atoms. The Morgan fingerprint density at radius 1 is 1.56 bits per heavy atom. The van der Waals surface area contributed by atoms with Crippen molar-refractivity contribution in [3.8, 4) is 0 Å². The first-order chi connectivity index (χ1) is 8.52. The number of carboxylic acid groups (broad SMARTS) is 1. The third-order valence-electron chi connectivity index (χ3n) is 2.25. The van der Waals surface area contributed by atoms with Crippen molar-refractivity contribution in [3.05, 3.63) is 11.1 Å². The number of aliphatic carboxylic acids is 1. The van der Waals surface area contributed by atoms with Gasteiger partial charge in [-0.3, -0.25) is 14.9 Å². The summed E-state index contributed by atoms with van der Waals surface area (Å²) >= 11 is 1.34. The standard InChI is InChI=1S/C11H17N3O3S/c1-3-4-8(10(16)17)12-5-9(15)14-11-13-7(2)6-18-11/h6,8,12H,3-5H2,1-2H3,(H,16,17)(H,13,14,15)/t8-/m0/s1. The minimum Gasteiger partial charge on any atom is -0.480 e. The molecule has 1 atom stereocenters. The number of carbonyl (C=O) groups is 2. The van der Waals surface area contributed by atoms with Crippen molar-refractivity contribution in [2.75, 3.05) is 11.9 Å². The molecule has 0 aliphatic rings. The lowest BCUT2D eigenvalue weighted by molar-refractivity contribution is -0.139. The Morgan fingerprint density at radius 3 is 2.78 bits per heavy atom. The number of thiazole rings is 1. The maximum absolute atomic E-state index is 11.6. The van der Waals surface area contributed by atoms with Crippen molar-refractivity contribution in [3.63, 3.8) is 0 Å². The van der Waals surface area contributed by atoms with E-state index in [2.05, 4.69) is 15.6 Å². The number of carbonyl (C=O) groups excluding carboxylic acids is 1. The van der Waals surface area contributed by atoms with Crippen molar-refractivity contribution < 1.29 is 14.7 Å². The van der Waals surface area contributed by atoms with Crippen LogP contribution in [-0.2, 0) is 9.59 Å². The summed E-state index contributed by atoms with van der Waals surface area (Å²) < 4.78 is 0. The molecule has 1 aromatic rings. The molecule has 0 aliphatic carbocycles. The first-order valence-electron chi connectivity index (χ1n) is 5.71. The van der Waals surface area contributed by atoms with Crippen LogP contribution in [-0.4, -0.2) is 34.6 Å². The molecule has 0 saturated heterocycles. The zero-order valence-electron chi connectivity index (χ0n) is 10.4. The van der Waals surface area contributed by atoms with Crippen LogP contribution in [0.25, 0.3) is 0 Å². The number of nitrogens with one attached hydrogen (secondary N) is 2. The largest absolute Gasteiger partial charge is 0.480 e. The number of carboxylic acids is 1. The smallest absolute Gasteiger partial charge is 0.320 e. The fraction of sp³-hybridized carbons (Fsp3) is 0.545. The van der Waals surface area contributed by atoms with Gasteiger partial charge in [0.15, 0.2) is 5.13 Å². The molecule has 100 valence electrons. The van der Waals surface area contributed by atoms with Crippen molar-refractivity contribution in [2.45, 2.75) is 32.7 Å². The van der Waals surface area contributed by atoms with E-state index in [0.29, 0.717) is 11.6 Å². The van der Waals surface area contributed by atoms with Gasteiger partial charge in [0.1, 0.15) is 6.04 Å². The Bertz CT molecular complexity index is 419. The number of aryl methyl sites for hydroxylation is 1. The minimum atomic E-state index is -0.935. The second kappa shape index (κ2) is 7.07. The maximum atomic E-state index is 11.6. The quantitative estimate of drug-likeness (QED) is 0.694. The summed E-state index contributed by atoms with van der Waals surface area (Å²) in [7, 11) is 0. The Labute approximate surface area is 109 Å². The summed E-state index contributed by atoms with van der Waals surface area (Å²) in [6, 6.07) is -0.682. The molecule has 0 bridgehead atoms. The van der Waals surface area contributed by atoms with Gasteiger partial charge in [-0.2, -0.15) is 0 Å². The lowest BCUT2D eigenvalue weighted by Gasteiger charge is -2.12. The van der Waals surface area contributed by atoms with Crippen LogP contribution >= 0.6 is 11.3 Å². The van der Waals surface area contributed by atoms with Gasteiger partial charge >= 0.3 is 5.97 Å². The molecule has 7 heteroatoms. The van der Waals surface area contributed by atoms with Crippen molar-refractivity contribution >= 4 is 28.3 Å². The van der Waals surface area contributed by atoms with Crippen LogP contribution in [0.15, 0.2) is 5.38 Å². The normalized spacial score (nSPS) is 12.1. The highest BCUT2D eigenvalue weighted by Crippen LogP contribution is 2.13. The van der Waals surface area contributed by atoms with E-state index in [9.17, 15) is 9.59 Å². The van der Waals surface area contributed by atoms with E-state index in [1.165, 1.54) is 11.3 Å². The van der Waals surface area contributed by atoms with Crippen LogP contribution in [0.5, 0.6) is 0 Å². The summed E-state index contributed by atoms with van der Waals surface area (Å²) in [6.07, 6.45) is 1.25. The van der Waals surface area contributed by atoms with Crippen LogP contribution in [0.3, 0.4) is 0 Å². The summed E-state index contributed by atoms with van der Waals surface area (Å²) in [4.78, 5) is 26.5.